The van der Waals surface area contributed by atoms with Crippen LogP contribution < -0.4 is 4.72 Å². The molecule has 22 heavy (non-hydrogen) atoms. The molecule has 0 bridgehead atoms. The summed E-state index contributed by atoms with van der Waals surface area (Å²) < 4.78 is 15.6. The molecular formula is C18H20N2OS. The van der Waals surface area contributed by atoms with Crippen LogP contribution in [0.25, 0.3) is 0 Å². The molecular weight excluding hydrogens is 292 g/mol. The van der Waals surface area contributed by atoms with Crippen molar-refractivity contribution < 1.29 is 4.21 Å². The molecule has 2 atom stereocenters. The lowest BCUT2D eigenvalue weighted by atomic mass is 9.89. The molecule has 114 valence electrons. The smallest absolute Gasteiger partial charge is 0.142 e. The van der Waals surface area contributed by atoms with E-state index in [4.69, 9.17) is 0 Å². The Balaban J connectivity index is 2.32. The third-order valence-electron chi connectivity index (χ3n) is 3.77. The number of rotatable bonds is 5. The second-order valence-corrected chi connectivity index (χ2v) is 6.63. The van der Waals surface area contributed by atoms with Crippen molar-refractivity contribution in [2.45, 2.75) is 37.6 Å². The summed E-state index contributed by atoms with van der Waals surface area (Å²) in [6, 6.07) is 17.6. The highest BCUT2D eigenvalue weighted by atomic mass is 32.2. The Morgan fingerprint density at radius 3 is 2.00 bits per heavy atom. The third-order valence-corrected chi connectivity index (χ3v) is 5.00. The number of nitriles is 1. The highest BCUT2D eigenvalue weighted by molar-refractivity contribution is 7.83. The van der Waals surface area contributed by atoms with E-state index in [0.29, 0.717) is 11.3 Å². The van der Waals surface area contributed by atoms with Gasteiger partial charge in [0.05, 0.1) is 11.0 Å². The van der Waals surface area contributed by atoms with E-state index in [1.165, 1.54) is 0 Å². The molecule has 0 unspecified atom stereocenters. The van der Waals surface area contributed by atoms with E-state index in [2.05, 4.69) is 10.8 Å². The average molecular weight is 312 g/mol. The van der Waals surface area contributed by atoms with Gasteiger partial charge >= 0.3 is 0 Å². The first-order valence-electron chi connectivity index (χ1n) is 7.25. The Morgan fingerprint density at radius 2 is 1.55 bits per heavy atom. The Morgan fingerprint density at radius 1 is 1.05 bits per heavy atom. The van der Waals surface area contributed by atoms with Gasteiger partial charge in [0, 0.05) is 0 Å². The van der Waals surface area contributed by atoms with Crippen LogP contribution in [0.5, 0.6) is 0 Å². The fourth-order valence-electron chi connectivity index (χ4n) is 2.22. The van der Waals surface area contributed by atoms with E-state index in [1.807, 2.05) is 69.3 Å². The van der Waals surface area contributed by atoms with Crippen LogP contribution in [-0.4, -0.2) is 4.21 Å². The lowest BCUT2D eigenvalue weighted by Gasteiger charge is -2.26. The normalized spacial score (nSPS) is 14.8. The van der Waals surface area contributed by atoms with E-state index in [0.717, 1.165) is 16.7 Å². The quantitative estimate of drug-likeness (QED) is 0.914. The molecule has 0 saturated carbocycles. The molecule has 0 spiro atoms. The first kappa shape index (κ1) is 16.4. The standard InChI is InChI=1S/C18H20N2OS/c1-4-18(13-19,16-9-5-14(2)6-10-16)20-22(21)17-11-7-15(3)8-12-17/h5-12,20H,4H2,1-3H3/t18-,22-/m0/s1. The summed E-state index contributed by atoms with van der Waals surface area (Å²) >= 11 is 0. The van der Waals surface area contributed by atoms with Gasteiger partial charge in [-0.15, -0.1) is 0 Å². The number of nitrogens with zero attached hydrogens (tertiary/aromatic N) is 1. The van der Waals surface area contributed by atoms with Crippen LogP contribution in [-0.2, 0) is 16.5 Å². The second kappa shape index (κ2) is 6.87. The first-order valence-corrected chi connectivity index (χ1v) is 8.40. The van der Waals surface area contributed by atoms with Crippen molar-refractivity contribution >= 4 is 11.0 Å². The fraction of sp³-hybridized carbons (Fsp3) is 0.278. The van der Waals surface area contributed by atoms with E-state index in [-0.39, 0.29) is 0 Å². The Kier molecular flexibility index (Phi) is 5.12. The summed E-state index contributed by atoms with van der Waals surface area (Å²) in [5, 5.41) is 9.69. The monoisotopic (exact) mass is 312 g/mol. The Bertz CT molecular complexity index is 701. The zero-order valence-electron chi connectivity index (χ0n) is 13.1. The van der Waals surface area contributed by atoms with Gasteiger partial charge in [0.25, 0.3) is 0 Å². The average Bonchev–Trinajstić information content (AvgIpc) is 2.54. The van der Waals surface area contributed by atoms with Crippen molar-refractivity contribution in [1.82, 2.24) is 4.72 Å². The van der Waals surface area contributed by atoms with E-state index < -0.39 is 16.5 Å². The topological polar surface area (TPSA) is 52.9 Å². The van der Waals surface area contributed by atoms with Crippen molar-refractivity contribution in [1.29, 1.82) is 5.26 Å². The lowest BCUT2D eigenvalue weighted by molar-refractivity contribution is 0.500. The molecule has 0 aliphatic heterocycles. The lowest BCUT2D eigenvalue weighted by Crippen LogP contribution is -2.41. The number of nitrogens with one attached hydrogen (secondary N) is 1. The molecule has 0 aromatic heterocycles. The van der Waals surface area contributed by atoms with Crippen LogP contribution in [0.15, 0.2) is 53.4 Å². The zero-order valence-corrected chi connectivity index (χ0v) is 13.9. The summed E-state index contributed by atoms with van der Waals surface area (Å²) in [5.74, 6) is 0. The number of hydrogen-bond donors (Lipinski definition) is 1. The Hall–Kier alpha value is -1.96. The minimum Gasteiger partial charge on any atom is -0.237 e. The highest BCUT2D eigenvalue weighted by Crippen LogP contribution is 2.26. The maximum atomic E-state index is 12.6. The van der Waals surface area contributed by atoms with Crippen molar-refractivity contribution in [3.63, 3.8) is 0 Å². The molecule has 4 heteroatoms. The van der Waals surface area contributed by atoms with Crippen LogP contribution in [0.4, 0.5) is 0 Å². The number of aryl methyl sites for hydroxylation is 2. The summed E-state index contributed by atoms with van der Waals surface area (Å²) in [4.78, 5) is 0.672. The minimum absolute atomic E-state index is 0.532. The van der Waals surface area contributed by atoms with Crippen molar-refractivity contribution in [3.05, 3.63) is 65.2 Å². The van der Waals surface area contributed by atoms with Crippen LogP contribution >= 0.6 is 0 Å². The van der Waals surface area contributed by atoms with Crippen molar-refractivity contribution in [2.24, 2.45) is 0 Å². The van der Waals surface area contributed by atoms with E-state index in [1.54, 1.807) is 0 Å². The predicted octanol–water partition coefficient (Wildman–Crippen LogP) is 3.74. The molecule has 2 aromatic rings. The van der Waals surface area contributed by atoms with Gasteiger partial charge in [-0.05, 0) is 38.0 Å². The van der Waals surface area contributed by atoms with Gasteiger partial charge in [0.15, 0.2) is 0 Å². The highest BCUT2D eigenvalue weighted by Gasteiger charge is 2.32. The van der Waals surface area contributed by atoms with E-state index >= 15 is 0 Å². The molecule has 2 rings (SSSR count). The largest absolute Gasteiger partial charge is 0.237 e. The zero-order chi connectivity index (χ0) is 16.2. The van der Waals surface area contributed by atoms with Crippen LogP contribution in [0.1, 0.15) is 30.0 Å². The molecule has 3 nitrogen and oxygen atoms in total. The molecule has 0 heterocycles. The molecule has 0 fully saturated rings. The van der Waals surface area contributed by atoms with Crippen LogP contribution in [0.2, 0.25) is 0 Å². The van der Waals surface area contributed by atoms with Gasteiger partial charge in [0.2, 0.25) is 0 Å². The maximum absolute atomic E-state index is 12.6. The van der Waals surface area contributed by atoms with Gasteiger partial charge in [-0.1, -0.05) is 54.4 Å². The van der Waals surface area contributed by atoms with Gasteiger partial charge in [-0.25, -0.2) is 8.93 Å². The second-order valence-electron chi connectivity index (χ2n) is 5.42. The summed E-state index contributed by atoms with van der Waals surface area (Å²) in [7, 11) is -1.44. The molecule has 0 aliphatic rings. The molecule has 0 radical (unpaired) electrons. The fourth-order valence-corrected chi connectivity index (χ4v) is 3.34. The van der Waals surface area contributed by atoms with Crippen molar-refractivity contribution in [2.75, 3.05) is 0 Å². The Labute approximate surface area is 134 Å². The first-order chi connectivity index (χ1) is 10.5. The molecule has 0 aliphatic carbocycles. The van der Waals surface area contributed by atoms with Crippen LogP contribution in [0.3, 0.4) is 0 Å². The van der Waals surface area contributed by atoms with Gasteiger partial charge in [0.1, 0.15) is 16.5 Å². The summed E-state index contributed by atoms with van der Waals surface area (Å²) in [6.45, 7) is 5.90. The van der Waals surface area contributed by atoms with Gasteiger partial charge in [-0.3, -0.25) is 0 Å². The summed E-state index contributed by atoms with van der Waals surface area (Å²) in [6.07, 6.45) is 0.532. The minimum atomic E-state index is -1.44. The number of benzene rings is 2. The molecule has 2 aromatic carbocycles. The third kappa shape index (κ3) is 3.44. The van der Waals surface area contributed by atoms with Gasteiger partial charge < -0.3 is 0 Å². The maximum Gasteiger partial charge on any atom is 0.142 e. The molecule has 1 N–H and O–H groups in total. The van der Waals surface area contributed by atoms with Crippen molar-refractivity contribution in [3.8, 4) is 6.07 Å². The SMILES string of the molecule is CC[C@@](C#N)(N[S@@](=O)c1ccc(C)cc1)c1ccc(C)cc1. The molecule has 0 amide bonds. The summed E-state index contributed by atoms with van der Waals surface area (Å²) in [5.41, 5.74) is 2.12. The predicted molar refractivity (Wildman–Crippen MR) is 89.5 cm³/mol. The molecule has 0 saturated heterocycles. The van der Waals surface area contributed by atoms with Gasteiger partial charge in [-0.2, -0.15) is 5.26 Å². The number of hydrogen-bond acceptors (Lipinski definition) is 2. The van der Waals surface area contributed by atoms with Crippen LogP contribution in [0, 0.1) is 25.2 Å². The van der Waals surface area contributed by atoms with E-state index in [9.17, 15) is 9.47 Å².